The summed E-state index contributed by atoms with van der Waals surface area (Å²) in [5, 5.41) is 10.7. The molecule has 2 fully saturated rings. The molecule has 1 N–H and O–H groups in total. The molecular weight excluding hydrogens is 198 g/mol. The molecule has 0 amide bonds. The fourth-order valence-electron chi connectivity index (χ4n) is 2.74. The summed E-state index contributed by atoms with van der Waals surface area (Å²) in [6.45, 7) is 3.96. The first-order valence-corrected chi connectivity index (χ1v) is 6.21. The minimum atomic E-state index is -0.603. The number of benzene rings is 1. The molecule has 0 bridgehead atoms. The molecule has 1 aromatic carbocycles. The van der Waals surface area contributed by atoms with Gasteiger partial charge in [0.05, 0.1) is 0 Å². The van der Waals surface area contributed by atoms with Crippen LogP contribution in [0.25, 0.3) is 0 Å². The van der Waals surface area contributed by atoms with Crippen molar-refractivity contribution in [3.8, 4) is 0 Å². The van der Waals surface area contributed by atoms with Gasteiger partial charge in [-0.1, -0.05) is 29.8 Å². The van der Waals surface area contributed by atoms with Gasteiger partial charge in [-0.25, -0.2) is 0 Å². The first kappa shape index (κ1) is 10.3. The van der Waals surface area contributed by atoms with Gasteiger partial charge in [-0.15, -0.1) is 0 Å². The predicted molar refractivity (Wildman–Crippen MR) is 64.3 cm³/mol. The van der Waals surface area contributed by atoms with Gasteiger partial charge < -0.3 is 5.11 Å². The third kappa shape index (κ3) is 1.76. The summed E-state index contributed by atoms with van der Waals surface area (Å²) in [6.07, 6.45) is 3.53. The molecule has 1 aliphatic heterocycles. The van der Waals surface area contributed by atoms with E-state index in [0.29, 0.717) is 0 Å². The second-order valence-corrected chi connectivity index (χ2v) is 5.35. The van der Waals surface area contributed by atoms with Crippen molar-refractivity contribution in [1.82, 2.24) is 4.90 Å². The molecule has 0 aromatic heterocycles. The zero-order valence-corrected chi connectivity index (χ0v) is 9.82. The number of nitrogens with zero attached hydrogens (tertiary/aromatic N) is 1. The first-order valence-electron chi connectivity index (χ1n) is 6.21. The Morgan fingerprint density at radius 1 is 1.38 bits per heavy atom. The molecule has 3 rings (SSSR count). The second kappa shape index (κ2) is 3.57. The molecule has 1 unspecified atom stereocenters. The van der Waals surface area contributed by atoms with E-state index in [4.69, 9.17) is 0 Å². The van der Waals surface area contributed by atoms with Gasteiger partial charge >= 0.3 is 0 Å². The Morgan fingerprint density at radius 3 is 2.88 bits per heavy atom. The van der Waals surface area contributed by atoms with E-state index in [1.165, 1.54) is 18.4 Å². The van der Waals surface area contributed by atoms with Gasteiger partial charge in [-0.3, -0.25) is 4.90 Å². The van der Waals surface area contributed by atoms with E-state index in [9.17, 15) is 5.11 Å². The Labute approximate surface area is 96.9 Å². The highest BCUT2D eigenvalue weighted by molar-refractivity contribution is 5.29. The number of hydrogen-bond acceptors (Lipinski definition) is 2. The number of aryl methyl sites for hydroxylation is 1. The standard InChI is InChI=1S/C14H19NO/c1-11-3-2-4-12(9-11)14(16)7-8-15(10-14)13-5-6-13/h2-4,9,13,16H,5-8,10H2,1H3. The maximum Gasteiger partial charge on any atom is 0.103 e. The minimum absolute atomic E-state index is 0.603. The molecule has 0 radical (unpaired) electrons. The van der Waals surface area contributed by atoms with Crippen LogP contribution in [0.5, 0.6) is 0 Å². The van der Waals surface area contributed by atoms with Crippen LogP contribution >= 0.6 is 0 Å². The molecule has 1 aliphatic carbocycles. The molecule has 1 atom stereocenters. The summed E-state index contributed by atoms with van der Waals surface area (Å²) in [5.41, 5.74) is 1.72. The molecule has 2 heteroatoms. The summed E-state index contributed by atoms with van der Waals surface area (Å²) < 4.78 is 0. The van der Waals surface area contributed by atoms with Gasteiger partial charge in [0, 0.05) is 19.1 Å². The summed E-state index contributed by atoms with van der Waals surface area (Å²) in [4.78, 5) is 2.45. The minimum Gasteiger partial charge on any atom is -0.384 e. The van der Waals surface area contributed by atoms with E-state index in [1.807, 2.05) is 6.07 Å². The third-order valence-corrected chi connectivity index (χ3v) is 3.90. The maximum absolute atomic E-state index is 10.7. The van der Waals surface area contributed by atoms with Crippen LogP contribution in [0.2, 0.25) is 0 Å². The van der Waals surface area contributed by atoms with Gasteiger partial charge in [-0.05, 0) is 31.7 Å². The van der Waals surface area contributed by atoms with Crippen molar-refractivity contribution in [2.24, 2.45) is 0 Å². The van der Waals surface area contributed by atoms with E-state index in [1.54, 1.807) is 0 Å². The Morgan fingerprint density at radius 2 is 2.19 bits per heavy atom. The van der Waals surface area contributed by atoms with E-state index in [0.717, 1.165) is 31.1 Å². The van der Waals surface area contributed by atoms with Crippen molar-refractivity contribution < 1.29 is 5.11 Å². The first-order chi connectivity index (χ1) is 7.67. The third-order valence-electron chi connectivity index (χ3n) is 3.90. The molecule has 1 saturated heterocycles. The number of rotatable bonds is 2. The Balaban J connectivity index is 1.83. The lowest BCUT2D eigenvalue weighted by atomic mass is 9.92. The highest BCUT2D eigenvalue weighted by Crippen LogP contribution is 2.38. The molecule has 0 spiro atoms. The zero-order chi connectivity index (χ0) is 11.2. The lowest BCUT2D eigenvalue weighted by molar-refractivity contribution is 0.0451. The van der Waals surface area contributed by atoms with Crippen molar-refractivity contribution in [2.45, 2.75) is 37.8 Å². The largest absolute Gasteiger partial charge is 0.384 e. The normalized spacial score (nSPS) is 30.9. The van der Waals surface area contributed by atoms with Crippen LogP contribution in [0.15, 0.2) is 24.3 Å². The second-order valence-electron chi connectivity index (χ2n) is 5.35. The maximum atomic E-state index is 10.7. The van der Waals surface area contributed by atoms with Crippen LogP contribution in [0.4, 0.5) is 0 Å². The summed E-state index contributed by atoms with van der Waals surface area (Å²) in [7, 11) is 0. The van der Waals surface area contributed by atoms with Gasteiger partial charge in [0.25, 0.3) is 0 Å². The highest BCUT2D eigenvalue weighted by Gasteiger charge is 2.42. The SMILES string of the molecule is Cc1cccc(C2(O)CCN(C3CC3)C2)c1. The van der Waals surface area contributed by atoms with Crippen molar-refractivity contribution in [1.29, 1.82) is 0 Å². The average Bonchev–Trinajstić information content (AvgIpc) is 3.03. The van der Waals surface area contributed by atoms with Crippen LogP contribution in [-0.2, 0) is 5.60 Å². The molecule has 2 aliphatic rings. The molecule has 16 heavy (non-hydrogen) atoms. The lowest BCUT2D eigenvalue weighted by Gasteiger charge is -2.24. The van der Waals surface area contributed by atoms with E-state index in [-0.39, 0.29) is 0 Å². The van der Waals surface area contributed by atoms with Crippen LogP contribution in [0, 0.1) is 6.92 Å². The monoisotopic (exact) mass is 217 g/mol. The molecular formula is C14H19NO. The fourth-order valence-corrected chi connectivity index (χ4v) is 2.74. The molecule has 1 aromatic rings. The van der Waals surface area contributed by atoms with Crippen molar-refractivity contribution in [3.05, 3.63) is 35.4 Å². The van der Waals surface area contributed by atoms with Crippen LogP contribution in [0.3, 0.4) is 0 Å². The smallest absolute Gasteiger partial charge is 0.103 e. The molecule has 1 saturated carbocycles. The predicted octanol–water partition coefficient (Wildman–Crippen LogP) is 2.05. The van der Waals surface area contributed by atoms with Crippen molar-refractivity contribution in [2.75, 3.05) is 13.1 Å². The zero-order valence-electron chi connectivity index (χ0n) is 9.82. The highest BCUT2D eigenvalue weighted by atomic mass is 16.3. The Kier molecular flexibility index (Phi) is 2.30. The average molecular weight is 217 g/mol. The van der Waals surface area contributed by atoms with Gasteiger partial charge in [0.1, 0.15) is 5.60 Å². The fraction of sp³-hybridized carbons (Fsp3) is 0.571. The summed E-state index contributed by atoms with van der Waals surface area (Å²) in [6, 6.07) is 9.07. The number of aliphatic hydroxyl groups is 1. The van der Waals surface area contributed by atoms with Crippen LogP contribution < -0.4 is 0 Å². The molecule has 1 heterocycles. The summed E-state index contributed by atoms with van der Waals surface area (Å²) in [5.74, 6) is 0. The van der Waals surface area contributed by atoms with Crippen molar-refractivity contribution in [3.63, 3.8) is 0 Å². The van der Waals surface area contributed by atoms with Crippen LogP contribution in [0.1, 0.15) is 30.4 Å². The van der Waals surface area contributed by atoms with E-state index in [2.05, 4.69) is 30.0 Å². The van der Waals surface area contributed by atoms with E-state index < -0.39 is 5.60 Å². The summed E-state index contributed by atoms with van der Waals surface area (Å²) >= 11 is 0. The quantitative estimate of drug-likeness (QED) is 0.819. The number of likely N-dealkylation sites (tertiary alicyclic amines) is 1. The Hall–Kier alpha value is -0.860. The van der Waals surface area contributed by atoms with Gasteiger partial charge in [0.15, 0.2) is 0 Å². The molecule has 86 valence electrons. The van der Waals surface area contributed by atoms with E-state index >= 15 is 0 Å². The van der Waals surface area contributed by atoms with Crippen LogP contribution in [-0.4, -0.2) is 29.1 Å². The van der Waals surface area contributed by atoms with Gasteiger partial charge in [-0.2, -0.15) is 0 Å². The molecule has 2 nitrogen and oxygen atoms in total. The number of hydrogen-bond donors (Lipinski definition) is 1. The Bertz CT molecular complexity index is 399. The van der Waals surface area contributed by atoms with Gasteiger partial charge in [0.2, 0.25) is 0 Å². The number of β-amino-alcohol motifs (C(OH)–C–C–N with tert-alkyl or cyclic N) is 1. The van der Waals surface area contributed by atoms with Crippen molar-refractivity contribution >= 4 is 0 Å². The lowest BCUT2D eigenvalue weighted by Crippen LogP contribution is -2.31. The topological polar surface area (TPSA) is 23.5 Å².